The van der Waals surface area contributed by atoms with Crippen LogP contribution in [0.1, 0.15) is 34.0 Å². The SMILES string of the molecule is COc1cccc(OC)c1-c1c(-c2ccc(F)cc2)[nH]c(=O)c(C(=O)N2CCC(c3ncc(F)cc3C)C2)c1O. The lowest BCUT2D eigenvalue weighted by atomic mass is 9.94. The smallest absolute Gasteiger partial charge is 0.265 e. The number of ether oxygens (including phenoxy) is 2. The molecule has 206 valence electrons. The summed E-state index contributed by atoms with van der Waals surface area (Å²) in [5.41, 5.74) is 1.06. The third-order valence-corrected chi connectivity index (χ3v) is 7.16. The number of rotatable bonds is 6. The molecule has 1 aliphatic rings. The van der Waals surface area contributed by atoms with Gasteiger partial charge in [-0.1, -0.05) is 6.07 Å². The number of aromatic amines is 1. The number of benzene rings is 2. The van der Waals surface area contributed by atoms with Crippen LogP contribution in [0.15, 0.2) is 59.5 Å². The molecule has 4 aromatic rings. The maximum absolute atomic E-state index is 13.7. The van der Waals surface area contributed by atoms with E-state index < -0.39 is 34.4 Å². The van der Waals surface area contributed by atoms with Crippen LogP contribution in [0, 0.1) is 18.6 Å². The van der Waals surface area contributed by atoms with Crippen molar-refractivity contribution in [2.45, 2.75) is 19.3 Å². The number of aryl methyl sites for hydroxylation is 1. The van der Waals surface area contributed by atoms with E-state index >= 15 is 0 Å². The Morgan fingerprint density at radius 1 is 1.05 bits per heavy atom. The highest BCUT2D eigenvalue weighted by atomic mass is 19.1. The average Bonchev–Trinajstić information content (AvgIpc) is 3.43. The molecule has 2 N–H and O–H groups in total. The van der Waals surface area contributed by atoms with Crippen LogP contribution >= 0.6 is 0 Å². The predicted octanol–water partition coefficient (Wildman–Crippen LogP) is 5.04. The van der Waals surface area contributed by atoms with Crippen molar-refractivity contribution >= 4 is 5.91 Å². The van der Waals surface area contributed by atoms with Gasteiger partial charge in [0.25, 0.3) is 11.5 Å². The van der Waals surface area contributed by atoms with Crippen LogP contribution in [0.2, 0.25) is 0 Å². The van der Waals surface area contributed by atoms with E-state index in [0.717, 1.165) is 6.20 Å². The fourth-order valence-electron chi connectivity index (χ4n) is 5.27. The summed E-state index contributed by atoms with van der Waals surface area (Å²) in [6, 6.07) is 11.8. The first-order chi connectivity index (χ1) is 19.2. The van der Waals surface area contributed by atoms with Crippen molar-refractivity contribution in [2.24, 2.45) is 0 Å². The molecule has 1 aliphatic heterocycles. The van der Waals surface area contributed by atoms with E-state index in [1.54, 1.807) is 25.1 Å². The molecule has 3 heterocycles. The number of aromatic hydroxyl groups is 1. The van der Waals surface area contributed by atoms with Gasteiger partial charge in [-0.25, -0.2) is 8.78 Å². The minimum Gasteiger partial charge on any atom is -0.506 e. The zero-order valence-corrected chi connectivity index (χ0v) is 22.1. The van der Waals surface area contributed by atoms with Gasteiger partial charge in [-0.05, 0) is 66.9 Å². The molecule has 8 nitrogen and oxygen atoms in total. The first-order valence-corrected chi connectivity index (χ1v) is 12.6. The molecule has 1 atom stereocenters. The molecular formula is C30H27F2N3O5. The second-order valence-electron chi connectivity index (χ2n) is 9.56. The van der Waals surface area contributed by atoms with Gasteiger partial charge in [-0.2, -0.15) is 0 Å². The summed E-state index contributed by atoms with van der Waals surface area (Å²) in [5.74, 6) is -1.66. The zero-order chi connectivity index (χ0) is 28.6. The number of halogens is 2. The van der Waals surface area contributed by atoms with Gasteiger partial charge >= 0.3 is 0 Å². The van der Waals surface area contributed by atoms with Gasteiger partial charge < -0.3 is 24.5 Å². The molecule has 10 heteroatoms. The van der Waals surface area contributed by atoms with Gasteiger partial charge in [0.15, 0.2) is 0 Å². The lowest BCUT2D eigenvalue weighted by Crippen LogP contribution is -2.33. The standard InChI is InChI=1S/C30H27F2N3O5/c1-16-13-20(32)14-33-26(16)18-11-12-35(15-18)30(38)25-28(36)24(23-21(39-2)5-4-6-22(23)40-3)27(34-29(25)37)17-7-9-19(31)10-8-17/h4-10,13-14,18H,11-12,15H2,1-3H3,(H2,34,36,37). The summed E-state index contributed by atoms with van der Waals surface area (Å²) in [5, 5.41) is 11.6. The molecule has 40 heavy (non-hydrogen) atoms. The van der Waals surface area contributed by atoms with E-state index in [1.807, 2.05) is 0 Å². The van der Waals surface area contributed by atoms with E-state index in [-0.39, 0.29) is 23.7 Å². The molecule has 0 spiro atoms. The Hall–Kier alpha value is -4.73. The number of methoxy groups -OCH3 is 2. The number of nitrogens with one attached hydrogen (secondary N) is 1. The first kappa shape index (κ1) is 26.9. The lowest BCUT2D eigenvalue weighted by Gasteiger charge is -2.21. The molecular weight excluding hydrogens is 520 g/mol. The minimum absolute atomic E-state index is 0.0932. The van der Waals surface area contributed by atoms with Crippen LogP contribution in [0.4, 0.5) is 8.78 Å². The quantitative estimate of drug-likeness (QED) is 0.350. The van der Waals surface area contributed by atoms with Crippen molar-refractivity contribution in [1.29, 1.82) is 0 Å². The maximum atomic E-state index is 13.7. The van der Waals surface area contributed by atoms with E-state index in [4.69, 9.17) is 9.47 Å². The predicted molar refractivity (Wildman–Crippen MR) is 145 cm³/mol. The molecule has 1 amide bonds. The number of pyridine rings is 2. The lowest BCUT2D eigenvalue weighted by molar-refractivity contribution is 0.0786. The average molecular weight is 548 g/mol. The van der Waals surface area contributed by atoms with Gasteiger partial charge in [-0.3, -0.25) is 14.6 Å². The summed E-state index contributed by atoms with van der Waals surface area (Å²) in [6.07, 6.45) is 1.70. The summed E-state index contributed by atoms with van der Waals surface area (Å²) in [7, 11) is 2.89. The third-order valence-electron chi connectivity index (χ3n) is 7.16. The van der Waals surface area contributed by atoms with Gasteiger partial charge in [0.05, 0.1) is 37.2 Å². The topological polar surface area (TPSA) is 105 Å². The van der Waals surface area contributed by atoms with Crippen LogP contribution in [-0.4, -0.2) is 53.2 Å². The Morgan fingerprint density at radius 2 is 1.73 bits per heavy atom. The molecule has 2 aromatic carbocycles. The molecule has 5 rings (SSSR count). The number of H-pyrrole nitrogens is 1. The minimum atomic E-state index is -0.807. The number of amides is 1. The van der Waals surface area contributed by atoms with Crippen molar-refractivity contribution in [3.05, 3.63) is 93.5 Å². The number of carbonyl (C=O) groups excluding carboxylic acids is 1. The van der Waals surface area contributed by atoms with Crippen molar-refractivity contribution in [2.75, 3.05) is 27.3 Å². The number of hydrogen-bond donors (Lipinski definition) is 2. The highest BCUT2D eigenvalue weighted by Crippen LogP contribution is 2.47. The maximum Gasteiger partial charge on any atom is 0.265 e. The zero-order valence-electron chi connectivity index (χ0n) is 22.1. The molecule has 1 unspecified atom stereocenters. The fraction of sp³-hybridized carbons (Fsp3) is 0.233. The van der Waals surface area contributed by atoms with Gasteiger partial charge in [0, 0.05) is 24.7 Å². The third kappa shape index (κ3) is 4.76. The number of nitrogens with zero attached hydrogens (tertiary/aromatic N) is 2. The second-order valence-corrected chi connectivity index (χ2v) is 9.56. The number of hydrogen-bond acceptors (Lipinski definition) is 6. The largest absolute Gasteiger partial charge is 0.506 e. The van der Waals surface area contributed by atoms with Crippen molar-refractivity contribution in [1.82, 2.24) is 14.9 Å². The molecule has 1 saturated heterocycles. The summed E-state index contributed by atoms with van der Waals surface area (Å²) in [4.78, 5) is 35.6. The van der Waals surface area contributed by atoms with Crippen LogP contribution in [0.3, 0.4) is 0 Å². The van der Waals surface area contributed by atoms with Gasteiger partial charge in [0.2, 0.25) is 0 Å². The highest BCUT2D eigenvalue weighted by Gasteiger charge is 2.34. The van der Waals surface area contributed by atoms with Crippen LogP contribution < -0.4 is 15.0 Å². The van der Waals surface area contributed by atoms with Crippen LogP contribution in [-0.2, 0) is 0 Å². The van der Waals surface area contributed by atoms with Crippen LogP contribution in [0.5, 0.6) is 17.2 Å². The number of likely N-dealkylation sites (tertiary alicyclic amines) is 1. The fourth-order valence-corrected chi connectivity index (χ4v) is 5.27. The van der Waals surface area contributed by atoms with E-state index in [1.165, 1.54) is 49.5 Å². The Labute approximate surface area is 228 Å². The molecule has 0 aliphatic carbocycles. The molecule has 2 aromatic heterocycles. The van der Waals surface area contributed by atoms with Crippen molar-refractivity contribution in [3.8, 4) is 39.6 Å². The Kier molecular flexibility index (Phi) is 7.25. The summed E-state index contributed by atoms with van der Waals surface area (Å²) < 4.78 is 38.4. The number of aromatic nitrogens is 2. The second kappa shape index (κ2) is 10.8. The van der Waals surface area contributed by atoms with E-state index in [2.05, 4.69) is 9.97 Å². The van der Waals surface area contributed by atoms with Crippen molar-refractivity contribution in [3.63, 3.8) is 0 Å². The van der Waals surface area contributed by atoms with Gasteiger partial charge in [0.1, 0.15) is 34.4 Å². The number of carbonyl (C=O) groups is 1. The molecule has 1 fully saturated rings. The Morgan fingerprint density at radius 3 is 2.35 bits per heavy atom. The summed E-state index contributed by atoms with van der Waals surface area (Å²) >= 11 is 0. The Bertz CT molecular complexity index is 1630. The van der Waals surface area contributed by atoms with E-state index in [0.29, 0.717) is 46.8 Å². The molecule has 0 radical (unpaired) electrons. The highest BCUT2D eigenvalue weighted by molar-refractivity contribution is 6.02. The normalized spacial score (nSPS) is 14.8. The molecule has 0 bridgehead atoms. The van der Waals surface area contributed by atoms with E-state index in [9.17, 15) is 23.5 Å². The van der Waals surface area contributed by atoms with Crippen LogP contribution in [0.25, 0.3) is 22.4 Å². The molecule has 0 saturated carbocycles. The monoisotopic (exact) mass is 547 g/mol. The van der Waals surface area contributed by atoms with Crippen molar-refractivity contribution < 1.29 is 28.2 Å². The first-order valence-electron chi connectivity index (χ1n) is 12.6. The van der Waals surface area contributed by atoms with Gasteiger partial charge in [-0.15, -0.1) is 0 Å². The summed E-state index contributed by atoms with van der Waals surface area (Å²) in [6.45, 7) is 2.31. The Balaban J connectivity index is 1.64.